The number of hydrogen-bond acceptors (Lipinski definition) is 6. The van der Waals surface area contributed by atoms with Crippen LogP contribution in [0.15, 0.2) is 35.1 Å². The van der Waals surface area contributed by atoms with Gasteiger partial charge in [-0.15, -0.1) is 0 Å². The lowest BCUT2D eigenvalue weighted by Crippen LogP contribution is -2.59. The van der Waals surface area contributed by atoms with E-state index in [0.717, 1.165) is 0 Å². The second-order valence-electron chi connectivity index (χ2n) is 4.95. The highest BCUT2D eigenvalue weighted by molar-refractivity contribution is 6.34. The number of aromatic amines is 1. The molecule has 1 saturated heterocycles. The van der Waals surface area contributed by atoms with E-state index in [-0.39, 0.29) is 23.0 Å². The third kappa shape index (κ3) is 2.44. The molecule has 0 unspecified atom stereocenters. The molecular formula is C14H13ClN4O3. The minimum absolute atomic E-state index is 0.00177. The number of para-hydroxylation sites is 1. The lowest BCUT2D eigenvalue weighted by Gasteiger charge is -2.43. The SMILES string of the molecule is Cc1cc(=O)[nH]c(NN2[C@@H](c3ccccc3O)C(=O)[C@@H]2Cl)n1. The average Bonchev–Trinajstić information content (AvgIpc) is 2.47. The summed E-state index contributed by atoms with van der Waals surface area (Å²) in [5.74, 6) is -0.0591. The number of anilines is 1. The van der Waals surface area contributed by atoms with Crippen molar-refractivity contribution >= 4 is 23.3 Å². The van der Waals surface area contributed by atoms with Gasteiger partial charge in [0.1, 0.15) is 11.8 Å². The number of aromatic hydroxyl groups is 1. The van der Waals surface area contributed by atoms with Crippen molar-refractivity contribution in [3.8, 4) is 5.75 Å². The van der Waals surface area contributed by atoms with E-state index in [4.69, 9.17) is 11.6 Å². The van der Waals surface area contributed by atoms with E-state index >= 15 is 0 Å². The van der Waals surface area contributed by atoms with Gasteiger partial charge in [-0.25, -0.2) is 4.98 Å². The highest BCUT2D eigenvalue weighted by atomic mass is 35.5. The van der Waals surface area contributed by atoms with Gasteiger partial charge in [-0.1, -0.05) is 29.8 Å². The number of hydrazine groups is 1. The maximum atomic E-state index is 12.0. The monoisotopic (exact) mass is 320 g/mol. The third-order valence-corrected chi connectivity index (χ3v) is 3.79. The van der Waals surface area contributed by atoms with Crippen molar-refractivity contribution < 1.29 is 9.90 Å². The van der Waals surface area contributed by atoms with Crippen molar-refractivity contribution in [3.05, 3.63) is 51.9 Å². The van der Waals surface area contributed by atoms with Crippen molar-refractivity contribution in [3.63, 3.8) is 0 Å². The van der Waals surface area contributed by atoms with Crippen LogP contribution in [0.5, 0.6) is 5.75 Å². The molecule has 1 aromatic carbocycles. The number of halogens is 1. The van der Waals surface area contributed by atoms with Crippen LogP contribution >= 0.6 is 11.6 Å². The Morgan fingerprint density at radius 3 is 2.77 bits per heavy atom. The van der Waals surface area contributed by atoms with Crippen molar-refractivity contribution in [2.45, 2.75) is 18.5 Å². The van der Waals surface area contributed by atoms with Gasteiger partial charge in [-0.3, -0.25) is 20.0 Å². The fraction of sp³-hybridized carbons (Fsp3) is 0.214. The van der Waals surface area contributed by atoms with Crippen LogP contribution in [-0.4, -0.2) is 31.4 Å². The fourth-order valence-electron chi connectivity index (χ4n) is 2.35. The number of hydrogen-bond donors (Lipinski definition) is 3. The largest absolute Gasteiger partial charge is 0.508 e. The number of Topliss-reactive ketones (excluding diaryl/α,β-unsaturated/α-hetero) is 1. The van der Waals surface area contributed by atoms with Crippen molar-refractivity contribution in [2.24, 2.45) is 0 Å². The summed E-state index contributed by atoms with van der Waals surface area (Å²) >= 11 is 6.00. The Morgan fingerprint density at radius 1 is 1.36 bits per heavy atom. The van der Waals surface area contributed by atoms with Gasteiger partial charge in [0.15, 0.2) is 11.3 Å². The molecule has 22 heavy (non-hydrogen) atoms. The molecule has 0 amide bonds. The molecule has 0 radical (unpaired) electrons. The molecule has 3 N–H and O–H groups in total. The molecule has 2 aromatic rings. The van der Waals surface area contributed by atoms with Gasteiger partial charge in [-0.2, -0.15) is 5.01 Å². The first kappa shape index (κ1) is 14.6. The lowest BCUT2D eigenvalue weighted by molar-refractivity contribution is -0.138. The zero-order valence-corrected chi connectivity index (χ0v) is 12.3. The van der Waals surface area contributed by atoms with E-state index in [2.05, 4.69) is 15.4 Å². The maximum Gasteiger partial charge on any atom is 0.252 e. The minimum atomic E-state index is -0.907. The van der Waals surface area contributed by atoms with Crippen LogP contribution in [0, 0.1) is 6.92 Å². The van der Waals surface area contributed by atoms with Gasteiger partial charge in [0.2, 0.25) is 5.95 Å². The third-order valence-electron chi connectivity index (χ3n) is 3.36. The number of nitrogens with zero attached hydrogens (tertiary/aromatic N) is 2. The van der Waals surface area contributed by atoms with Crippen LogP contribution in [0.1, 0.15) is 17.3 Å². The van der Waals surface area contributed by atoms with Gasteiger partial charge in [0, 0.05) is 17.3 Å². The molecule has 1 aromatic heterocycles. The quantitative estimate of drug-likeness (QED) is 0.582. The van der Waals surface area contributed by atoms with Gasteiger partial charge >= 0.3 is 0 Å². The zero-order valence-electron chi connectivity index (χ0n) is 11.6. The van der Waals surface area contributed by atoms with Crippen LogP contribution in [0.3, 0.4) is 0 Å². The second-order valence-corrected chi connectivity index (χ2v) is 5.37. The van der Waals surface area contributed by atoms with E-state index in [9.17, 15) is 14.7 Å². The molecule has 1 aliphatic rings. The topological polar surface area (TPSA) is 98.3 Å². The van der Waals surface area contributed by atoms with E-state index in [0.29, 0.717) is 11.3 Å². The lowest BCUT2D eigenvalue weighted by atomic mass is 9.94. The molecule has 7 nitrogen and oxygen atoms in total. The first-order valence-corrected chi connectivity index (χ1v) is 6.99. The number of rotatable bonds is 3. The molecule has 0 saturated carbocycles. The summed E-state index contributed by atoms with van der Waals surface area (Å²) in [5.41, 5.74) is 2.57. The highest BCUT2D eigenvalue weighted by Gasteiger charge is 2.49. The first-order chi connectivity index (χ1) is 10.5. The van der Waals surface area contributed by atoms with E-state index in [1.165, 1.54) is 17.1 Å². The molecule has 114 valence electrons. The number of benzene rings is 1. The number of carbonyl (C=O) groups is 1. The minimum Gasteiger partial charge on any atom is -0.508 e. The van der Waals surface area contributed by atoms with Gasteiger partial charge in [-0.05, 0) is 13.0 Å². The summed E-state index contributed by atoms with van der Waals surface area (Å²) in [5, 5.41) is 11.3. The zero-order chi connectivity index (χ0) is 15.9. The summed E-state index contributed by atoms with van der Waals surface area (Å²) in [6.45, 7) is 1.68. The Balaban J connectivity index is 1.90. The van der Waals surface area contributed by atoms with E-state index < -0.39 is 11.5 Å². The number of aryl methyl sites for hydroxylation is 1. The maximum absolute atomic E-state index is 12.0. The summed E-state index contributed by atoms with van der Waals surface area (Å²) in [7, 11) is 0. The normalized spacial score (nSPS) is 21.5. The second kappa shape index (κ2) is 5.43. The average molecular weight is 321 g/mol. The Bertz CT molecular complexity index is 792. The molecular weight excluding hydrogens is 308 g/mol. The molecule has 0 spiro atoms. The van der Waals surface area contributed by atoms with E-state index in [1.807, 2.05) is 0 Å². The smallest absolute Gasteiger partial charge is 0.252 e. The highest BCUT2D eigenvalue weighted by Crippen LogP contribution is 2.40. The molecule has 2 atom stereocenters. The molecule has 2 heterocycles. The number of carbonyl (C=O) groups excluding carboxylic acids is 1. The first-order valence-electron chi connectivity index (χ1n) is 6.56. The Morgan fingerprint density at radius 2 is 2.09 bits per heavy atom. The summed E-state index contributed by atoms with van der Waals surface area (Å²) in [6, 6.07) is 7.13. The van der Waals surface area contributed by atoms with Crippen LogP contribution in [0.25, 0.3) is 0 Å². The number of phenols is 1. The van der Waals surface area contributed by atoms with Gasteiger partial charge in [0.25, 0.3) is 5.56 Å². The Hall–Kier alpha value is -2.38. The van der Waals surface area contributed by atoms with E-state index in [1.54, 1.807) is 25.1 Å². The van der Waals surface area contributed by atoms with Gasteiger partial charge < -0.3 is 5.11 Å². The number of phenolic OH excluding ortho intramolecular Hbond substituents is 1. The number of nitrogens with one attached hydrogen (secondary N) is 2. The molecule has 8 heteroatoms. The number of H-pyrrole nitrogens is 1. The predicted octanol–water partition coefficient (Wildman–Crippen LogP) is 1.30. The summed E-state index contributed by atoms with van der Waals surface area (Å²) < 4.78 is 0. The standard InChI is InChI=1S/C14H13ClN4O3/c1-7-6-10(21)17-14(16-7)18-19-11(12(22)13(19)15)8-4-2-3-5-9(8)20/h2-6,11,13,20H,1H3,(H2,16,17,18,21)/t11-,13+/m0/s1. The Kier molecular flexibility index (Phi) is 3.59. The fourth-order valence-corrected chi connectivity index (χ4v) is 2.63. The molecule has 1 fully saturated rings. The molecule has 0 aliphatic carbocycles. The molecule has 3 rings (SSSR count). The molecule has 0 bridgehead atoms. The van der Waals surface area contributed by atoms with Crippen LogP contribution < -0.4 is 11.0 Å². The summed E-state index contributed by atoms with van der Waals surface area (Å²) in [6.07, 6.45) is 0. The Labute approximate surface area is 130 Å². The number of ketones is 1. The van der Waals surface area contributed by atoms with Crippen LogP contribution in [0.2, 0.25) is 0 Å². The van der Waals surface area contributed by atoms with Crippen molar-refractivity contribution in [2.75, 3.05) is 5.43 Å². The van der Waals surface area contributed by atoms with Crippen LogP contribution in [-0.2, 0) is 4.79 Å². The number of aromatic nitrogens is 2. The predicted molar refractivity (Wildman–Crippen MR) is 80.6 cm³/mol. The van der Waals surface area contributed by atoms with Crippen LogP contribution in [0.4, 0.5) is 5.95 Å². The summed E-state index contributed by atoms with van der Waals surface area (Å²) in [4.78, 5) is 30.1. The van der Waals surface area contributed by atoms with Crippen molar-refractivity contribution in [1.29, 1.82) is 0 Å². The van der Waals surface area contributed by atoms with Gasteiger partial charge in [0.05, 0.1) is 0 Å². The van der Waals surface area contributed by atoms with Crippen molar-refractivity contribution in [1.82, 2.24) is 15.0 Å². The molecule has 1 aliphatic heterocycles. The number of alkyl halides is 1.